The first kappa shape index (κ1) is 14.8. The molecule has 1 amide bonds. The van der Waals surface area contributed by atoms with Crippen LogP contribution in [0.5, 0.6) is 0 Å². The number of rotatable bonds is 4. The zero-order chi connectivity index (χ0) is 13.5. The summed E-state index contributed by atoms with van der Waals surface area (Å²) >= 11 is 0. The second kappa shape index (κ2) is 7.82. The van der Waals surface area contributed by atoms with E-state index in [2.05, 4.69) is 10.2 Å². The second-order valence-corrected chi connectivity index (χ2v) is 5.44. The molecule has 5 heteroatoms. The molecule has 0 radical (unpaired) electrons. The number of ether oxygens (including phenoxy) is 1. The number of amides is 1. The molecule has 0 spiro atoms. The third-order valence-corrected chi connectivity index (χ3v) is 3.92. The molecule has 110 valence electrons. The van der Waals surface area contributed by atoms with Gasteiger partial charge in [-0.3, -0.25) is 9.69 Å². The van der Waals surface area contributed by atoms with E-state index in [9.17, 15) is 4.79 Å². The lowest BCUT2D eigenvalue weighted by molar-refractivity contribution is -0.133. The number of likely N-dealkylation sites (tertiary alicyclic amines) is 1. The average Bonchev–Trinajstić information content (AvgIpc) is 2.68. The summed E-state index contributed by atoms with van der Waals surface area (Å²) < 4.78 is 5.68. The smallest absolute Gasteiger partial charge is 0.236 e. The van der Waals surface area contributed by atoms with Gasteiger partial charge in [-0.05, 0) is 39.3 Å². The Balaban J connectivity index is 1.77. The lowest BCUT2D eigenvalue weighted by atomic mass is 10.1. The molecule has 2 rings (SSSR count). The number of carbonyl (C=O) groups excluding carboxylic acids is 1. The predicted molar refractivity (Wildman–Crippen MR) is 75.2 cm³/mol. The van der Waals surface area contributed by atoms with Crippen LogP contribution in [0.1, 0.15) is 26.2 Å². The molecule has 2 heterocycles. The summed E-state index contributed by atoms with van der Waals surface area (Å²) in [6.07, 6.45) is 3.65. The Bertz CT molecular complexity index is 276. The van der Waals surface area contributed by atoms with Gasteiger partial charge in [0.2, 0.25) is 5.91 Å². The van der Waals surface area contributed by atoms with Crippen LogP contribution in [-0.4, -0.2) is 74.2 Å². The number of hydrogen-bond donors (Lipinski definition) is 1. The minimum absolute atomic E-state index is 0.279. The van der Waals surface area contributed by atoms with Gasteiger partial charge in [-0.1, -0.05) is 0 Å². The number of carbonyl (C=O) groups is 1. The highest BCUT2D eigenvalue weighted by atomic mass is 16.5. The Labute approximate surface area is 116 Å². The molecule has 1 atom stereocenters. The van der Waals surface area contributed by atoms with Crippen LogP contribution in [0.2, 0.25) is 0 Å². The largest absolute Gasteiger partial charge is 0.377 e. The number of nitrogens with one attached hydrogen (secondary N) is 1. The van der Waals surface area contributed by atoms with Gasteiger partial charge in [-0.2, -0.15) is 0 Å². The van der Waals surface area contributed by atoms with Crippen LogP contribution in [0.3, 0.4) is 0 Å². The van der Waals surface area contributed by atoms with Crippen LogP contribution in [0.4, 0.5) is 0 Å². The van der Waals surface area contributed by atoms with E-state index < -0.39 is 0 Å². The van der Waals surface area contributed by atoms with Gasteiger partial charge in [0.05, 0.1) is 12.6 Å². The van der Waals surface area contributed by atoms with Crippen molar-refractivity contribution in [3.63, 3.8) is 0 Å². The maximum Gasteiger partial charge on any atom is 0.236 e. The van der Waals surface area contributed by atoms with Gasteiger partial charge in [0.25, 0.3) is 0 Å². The molecule has 1 N–H and O–H groups in total. The van der Waals surface area contributed by atoms with Crippen LogP contribution in [-0.2, 0) is 9.53 Å². The van der Waals surface area contributed by atoms with Crippen molar-refractivity contribution >= 4 is 5.91 Å². The van der Waals surface area contributed by atoms with E-state index in [1.165, 1.54) is 0 Å². The Morgan fingerprint density at radius 3 is 3.00 bits per heavy atom. The molecule has 2 aliphatic heterocycles. The van der Waals surface area contributed by atoms with Gasteiger partial charge < -0.3 is 15.0 Å². The summed E-state index contributed by atoms with van der Waals surface area (Å²) in [5, 5.41) is 3.33. The van der Waals surface area contributed by atoms with Crippen LogP contribution < -0.4 is 5.32 Å². The zero-order valence-electron chi connectivity index (χ0n) is 12.1. The highest BCUT2D eigenvalue weighted by molar-refractivity contribution is 5.78. The average molecular weight is 269 g/mol. The quantitative estimate of drug-likeness (QED) is 0.798. The summed E-state index contributed by atoms with van der Waals surface area (Å²) in [7, 11) is 0. The fourth-order valence-electron chi connectivity index (χ4n) is 2.91. The summed E-state index contributed by atoms with van der Waals surface area (Å²) in [6, 6.07) is 0. The van der Waals surface area contributed by atoms with E-state index in [4.69, 9.17) is 4.74 Å². The molecule has 1 unspecified atom stereocenters. The van der Waals surface area contributed by atoms with E-state index in [1.54, 1.807) is 0 Å². The summed E-state index contributed by atoms with van der Waals surface area (Å²) in [4.78, 5) is 16.6. The molecule has 2 aliphatic rings. The van der Waals surface area contributed by atoms with E-state index in [0.29, 0.717) is 12.6 Å². The molecule has 5 nitrogen and oxygen atoms in total. The molecule has 19 heavy (non-hydrogen) atoms. The summed E-state index contributed by atoms with van der Waals surface area (Å²) in [5.74, 6) is 0.279. The highest BCUT2D eigenvalue weighted by Gasteiger charge is 2.24. The van der Waals surface area contributed by atoms with Crippen molar-refractivity contribution in [2.45, 2.75) is 32.3 Å². The first-order valence-electron chi connectivity index (χ1n) is 7.62. The molecule has 0 aromatic heterocycles. The maximum absolute atomic E-state index is 12.3. The Morgan fingerprint density at radius 1 is 1.26 bits per heavy atom. The van der Waals surface area contributed by atoms with E-state index in [0.717, 1.165) is 65.1 Å². The van der Waals surface area contributed by atoms with Crippen molar-refractivity contribution in [2.75, 3.05) is 52.4 Å². The third kappa shape index (κ3) is 4.75. The Kier molecular flexibility index (Phi) is 6.07. The van der Waals surface area contributed by atoms with Gasteiger partial charge in [-0.15, -0.1) is 0 Å². The standard InChI is InChI=1S/C14H27N3O2/c1-2-19-13-5-3-8-16(11-13)12-14(18)17-9-4-6-15-7-10-17/h13,15H,2-12H2,1H3. The van der Waals surface area contributed by atoms with Gasteiger partial charge in [0.15, 0.2) is 0 Å². The van der Waals surface area contributed by atoms with Crippen LogP contribution in [0.15, 0.2) is 0 Å². The number of hydrogen-bond acceptors (Lipinski definition) is 4. The summed E-state index contributed by atoms with van der Waals surface area (Å²) in [5.41, 5.74) is 0. The number of nitrogens with zero attached hydrogens (tertiary/aromatic N) is 2. The third-order valence-electron chi connectivity index (χ3n) is 3.92. The minimum Gasteiger partial charge on any atom is -0.377 e. The molecular weight excluding hydrogens is 242 g/mol. The zero-order valence-corrected chi connectivity index (χ0v) is 12.1. The fourth-order valence-corrected chi connectivity index (χ4v) is 2.91. The molecule has 0 aliphatic carbocycles. The highest BCUT2D eigenvalue weighted by Crippen LogP contribution is 2.13. The Morgan fingerprint density at radius 2 is 2.16 bits per heavy atom. The van der Waals surface area contributed by atoms with Gasteiger partial charge in [0.1, 0.15) is 0 Å². The van der Waals surface area contributed by atoms with Gasteiger partial charge >= 0.3 is 0 Å². The van der Waals surface area contributed by atoms with E-state index in [1.807, 2.05) is 11.8 Å². The monoisotopic (exact) mass is 269 g/mol. The minimum atomic E-state index is 0.279. The SMILES string of the molecule is CCOC1CCCN(CC(=O)N2CCCNCC2)C1. The lowest BCUT2D eigenvalue weighted by Gasteiger charge is -2.33. The molecule has 0 aromatic rings. The first-order chi connectivity index (χ1) is 9.29. The van der Waals surface area contributed by atoms with Crippen molar-refractivity contribution in [1.29, 1.82) is 0 Å². The molecule has 2 fully saturated rings. The number of piperidine rings is 1. The van der Waals surface area contributed by atoms with Crippen LogP contribution in [0, 0.1) is 0 Å². The van der Waals surface area contributed by atoms with Crippen LogP contribution >= 0.6 is 0 Å². The van der Waals surface area contributed by atoms with Gasteiger partial charge in [-0.25, -0.2) is 0 Å². The topological polar surface area (TPSA) is 44.8 Å². The second-order valence-electron chi connectivity index (χ2n) is 5.44. The van der Waals surface area contributed by atoms with Crippen molar-refractivity contribution in [3.8, 4) is 0 Å². The lowest BCUT2D eigenvalue weighted by Crippen LogP contribution is -2.46. The first-order valence-corrected chi connectivity index (χ1v) is 7.62. The maximum atomic E-state index is 12.3. The molecule has 0 aromatic carbocycles. The molecular formula is C14H27N3O2. The van der Waals surface area contributed by atoms with E-state index in [-0.39, 0.29) is 5.91 Å². The molecule has 0 bridgehead atoms. The van der Waals surface area contributed by atoms with Crippen molar-refractivity contribution in [3.05, 3.63) is 0 Å². The molecule has 0 saturated carbocycles. The predicted octanol–water partition coefficient (Wildman–Crippen LogP) is 0.309. The van der Waals surface area contributed by atoms with Gasteiger partial charge in [0, 0.05) is 32.8 Å². The van der Waals surface area contributed by atoms with Crippen molar-refractivity contribution in [2.24, 2.45) is 0 Å². The summed E-state index contributed by atoms with van der Waals surface area (Å²) in [6.45, 7) is 9.00. The van der Waals surface area contributed by atoms with E-state index >= 15 is 0 Å². The van der Waals surface area contributed by atoms with Crippen molar-refractivity contribution < 1.29 is 9.53 Å². The van der Waals surface area contributed by atoms with Crippen molar-refractivity contribution in [1.82, 2.24) is 15.1 Å². The molecule has 2 saturated heterocycles. The fraction of sp³-hybridized carbons (Fsp3) is 0.929. The van der Waals surface area contributed by atoms with Crippen LogP contribution in [0.25, 0.3) is 0 Å². The Hall–Kier alpha value is -0.650. The normalized spacial score (nSPS) is 26.2.